The molecule has 1 atom stereocenters. The summed E-state index contributed by atoms with van der Waals surface area (Å²) in [5, 5.41) is 3.35. The first-order chi connectivity index (χ1) is 4.86. The molecule has 0 saturated heterocycles. The van der Waals surface area contributed by atoms with Gasteiger partial charge in [0.2, 0.25) is 0 Å². The van der Waals surface area contributed by atoms with E-state index in [1.54, 1.807) is 0 Å². The second-order valence-corrected chi connectivity index (χ2v) is 4.03. The fourth-order valence-corrected chi connectivity index (χ4v) is 1.93. The zero-order valence-electron chi connectivity index (χ0n) is 6.89. The maximum Gasteiger partial charge on any atom is 0.0157 e. The number of rotatable bonds is 5. The van der Waals surface area contributed by atoms with Crippen molar-refractivity contribution < 1.29 is 0 Å². The third-order valence-corrected chi connectivity index (χ3v) is 2.83. The van der Waals surface area contributed by atoms with Crippen molar-refractivity contribution in [2.75, 3.05) is 19.1 Å². The number of hydrogen-bond acceptors (Lipinski definition) is 2. The van der Waals surface area contributed by atoms with Crippen LogP contribution in [0.25, 0.3) is 0 Å². The van der Waals surface area contributed by atoms with Crippen LogP contribution in [0.5, 0.6) is 0 Å². The minimum absolute atomic E-state index is 0.766. The summed E-state index contributed by atoms with van der Waals surface area (Å²) in [4.78, 5) is 0. The van der Waals surface area contributed by atoms with Gasteiger partial charge in [0.15, 0.2) is 0 Å². The Kier molecular flexibility index (Phi) is 3.57. The van der Waals surface area contributed by atoms with Crippen LogP contribution >= 0.6 is 11.8 Å². The highest BCUT2D eigenvalue weighted by molar-refractivity contribution is 7.98. The Morgan fingerprint density at radius 1 is 1.60 bits per heavy atom. The summed E-state index contributed by atoms with van der Waals surface area (Å²) >= 11 is 1.94. The van der Waals surface area contributed by atoms with E-state index >= 15 is 0 Å². The van der Waals surface area contributed by atoms with Gasteiger partial charge in [-0.2, -0.15) is 11.8 Å². The Hall–Kier alpha value is 0.310. The molecule has 60 valence electrons. The lowest BCUT2D eigenvalue weighted by atomic mass is 10.2. The average Bonchev–Trinajstić information content (AvgIpc) is 2.71. The summed E-state index contributed by atoms with van der Waals surface area (Å²) in [6.45, 7) is 0. The van der Waals surface area contributed by atoms with Gasteiger partial charge in [-0.15, -0.1) is 0 Å². The summed E-state index contributed by atoms with van der Waals surface area (Å²) < 4.78 is 0. The summed E-state index contributed by atoms with van der Waals surface area (Å²) in [6, 6.07) is 0.766. The van der Waals surface area contributed by atoms with Crippen LogP contribution in [0.2, 0.25) is 0 Å². The Morgan fingerprint density at radius 2 is 2.30 bits per heavy atom. The highest BCUT2D eigenvalue weighted by atomic mass is 32.2. The van der Waals surface area contributed by atoms with Crippen LogP contribution in [-0.2, 0) is 0 Å². The zero-order valence-corrected chi connectivity index (χ0v) is 7.71. The molecule has 0 bridgehead atoms. The first-order valence-corrected chi connectivity index (χ1v) is 5.42. The van der Waals surface area contributed by atoms with E-state index in [0.29, 0.717) is 0 Å². The van der Waals surface area contributed by atoms with Crippen LogP contribution in [0.1, 0.15) is 19.3 Å². The maximum atomic E-state index is 3.35. The van der Waals surface area contributed by atoms with E-state index in [0.717, 1.165) is 12.0 Å². The molecule has 0 radical (unpaired) electrons. The maximum absolute atomic E-state index is 3.35. The van der Waals surface area contributed by atoms with Crippen LogP contribution in [0.4, 0.5) is 0 Å². The molecule has 1 saturated carbocycles. The standard InChI is InChI=1S/C8H17NS/c1-9-8(6-10-2)5-7-3-4-7/h7-9H,3-6H2,1-2H3. The van der Waals surface area contributed by atoms with Crippen LogP contribution in [0, 0.1) is 5.92 Å². The van der Waals surface area contributed by atoms with Crippen LogP contribution in [0.15, 0.2) is 0 Å². The van der Waals surface area contributed by atoms with Gasteiger partial charge in [-0.05, 0) is 25.6 Å². The Bertz CT molecular complexity index is 91.3. The number of nitrogens with one attached hydrogen (secondary N) is 1. The topological polar surface area (TPSA) is 12.0 Å². The molecule has 1 aliphatic rings. The van der Waals surface area contributed by atoms with Gasteiger partial charge in [0.25, 0.3) is 0 Å². The second kappa shape index (κ2) is 4.24. The minimum atomic E-state index is 0.766. The minimum Gasteiger partial charge on any atom is -0.316 e. The van der Waals surface area contributed by atoms with Crippen molar-refractivity contribution in [1.82, 2.24) is 5.32 Å². The molecule has 1 nitrogen and oxygen atoms in total. The normalized spacial score (nSPS) is 21.0. The van der Waals surface area contributed by atoms with E-state index in [9.17, 15) is 0 Å². The second-order valence-electron chi connectivity index (χ2n) is 3.12. The van der Waals surface area contributed by atoms with Gasteiger partial charge in [-0.1, -0.05) is 12.8 Å². The van der Waals surface area contributed by atoms with Crippen molar-refractivity contribution in [1.29, 1.82) is 0 Å². The van der Waals surface area contributed by atoms with Gasteiger partial charge < -0.3 is 5.32 Å². The smallest absolute Gasteiger partial charge is 0.0157 e. The zero-order chi connectivity index (χ0) is 7.40. The molecule has 1 rings (SSSR count). The van der Waals surface area contributed by atoms with Crippen LogP contribution in [-0.4, -0.2) is 25.1 Å². The summed E-state index contributed by atoms with van der Waals surface area (Å²) in [7, 11) is 2.07. The molecule has 0 amide bonds. The van der Waals surface area contributed by atoms with E-state index in [2.05, 4.69) is 18.6 Å². The van der Waals surface area contributed by atoms with Gasteiger partial charge in [0.05, 0.1) is 0 Å². The average molecular weight is 159 g/mol. The third kappa shape index (κ3) is 2.93. The molecule has 1 fully saturated rings. The molecule has 1 unspecified atom stereocenters. The van der Waals surface area contributed by atoms with Crippen molar-refractivity contribution in [3.05, 3.63) is 0 Å². The van der Waals surface area contributed by atoms with Crippen molar-refractivity contribution in [3.8, 4) is 0 Å². The Labute approximate surface area is 68.0 Å². The van der Waals surface area contributed by atoms with Gasteiger partial charge in [0, 0.05) is 11.8 Å². The fraction of sp³-hybridized carbons (Fsp3) is 1.00. The van der Waals surface area contributed by atoms with Gasteiger partial charge in [-0.25, -0.2) is 0 Å². The molecule has 0 aromatic carbocycles. The predicted octanol–water partition coefficient (Wildman–Crippen LogP) is 1.74. The lowest BCUT2D eigenvalue weighted by Crippen LogP contribution is -2.27. The SMILES string of the molecule is CNC(CSC)CC1CC1. The molecule has 1 aliphatic carbocycles. The fourth-order valence-electron chi connectivity index (χ4n) is 1.23. The Morgan fingerprint density at radius 3 is 2.70 bits per heavy atom. The summed E-state index contributed by atoms with van der Waals surface area (Å²) in [5.41, 5.74) is 0. The third-order valence-electron chi connectivity index (χ3n) is 2.09. The molecule has 2 heteroatoms. The molecule has 0 aromatic rings. The highest BCUT2D eigenvalue weighted by Gasteiger charge is 2.24. The van der Waals surface area contributed by atoms with Crippen molar-refractivity contribution in [2.45, 2.75) is 25.3 Å². The van der Waals surface area contributed by atoms with Crippen LogP contribution in [0.3, 0.4) is 0 Å². The highest BCUT2D eigenvalue weighted by Crippen LogP contribution is 2.33. The monoisotopic (exact) mass is 159 g/mol. The van der Waals surface area contributed by atoms with E-state index in [1.807, 2.05) is 11.8 Å². The van der Waals surface area contributed by atoms with Gasteiger partial charge in [0.1, 0.15) is 0 Å². The summed E-state index contributed by atoms with van der Waals surface area (Å²) in [5.74, 6) is 2.33. The predicted molar refractivity (Wildman–Crippen MR) is 48.6 cm³/mol. The van der Waals surface area contributed by atoms with Crippen molar-refractivity contribution in [3.63, 3.8) is 0 Å². The lowest BCUT2D eigenvalue weighted by molar-refractivity contribution is 0.536. The first-order valence-electron chi connectivity index (χ1n) is 4.03. The number of thioether (sulfide) groups is 1. The van der Waals surface area contributed by atoms with E-state index in [4.69, 9.17) is 0 Å². The molecule has 0 heterocycles. The number of hydrogen-bond donors (Lipinski definition) is 1. The molecule has 0 spiro atoms. The quantitative estimate of drug-likeness (QED) is 0.656. The van der Waals surface area contributed by atoms with Gasteiger partial charge in [-0.3, -0.25) is 0 Å². The molecular formula is C8H17NS. The molecule has 0 aromatic heterocycles. The van der Waals surface area contributed by atoms with E-state index in [1.165, 1.54) is 25.0 Å². The lowest BCUT2D eigenvalue weighted by Gasteiger charge is -2.13. The van der Waals surface area contributed by atoms with Crippen molar-refractivity contribution in [2.24, 2.45) is 5.92 Å². The summed E-state index contributed by atoms with van der Waals surface area (Å²) in [6.07, 6.45) is 6.54. The molecule has 10 heavy (non-hydrogen) atoms. The first kappa shape index (κ1) is 8.41. The molecular weight excluding hydrogens is 142 g/mol. The van der Waals surface area contributed by atoms with Crippen molar-refractivity contribution >= 4 is 11.8 Å². The largest absolute Gasteiger partial charge is 0.316 e. The molecule has 0 aliphatic heterocycles. The molecule has 1 N–H and O–H groups in total. The van der Waals surface area contributed by atoms with Gasteiger partial charge >= 0.3 is 0 Å². The van der Waals surface area contributed by atoms with Crippen LogP contribution < -0.4 is 5.32 Å². The van der Waals surface area contributed by atoms with E-state index < -0.39 is 0 Å². The van der Waals surface area contributed by atoms with E-state index in [-0.39, 0.29) is 0 Å². The Balaban J connectivity index is 2.05.